The molecule has 0 bridgehead atoms. The first-order valence-electron chi connectivity index (χ1n) is 10.1. The molecule has 3 aromatic rings. The minimum absolute atomic E-state index is 0.0411. The van der Waals surface area contributed by atoms with Gasteiger partial charge in [0.25, 0.3) is 0 Å². The summed E-state index contributed by atoms with van der Waals surface area (Å²) in [4.78, 5) is 20.5. The van der Waals surface area contributed by atoms with Crippen LogP contribution in [0.2, 0.25) is 0 Å². The predicted octanol–water partition coefficient (Wildman–Crippen LogP) is 3.15. The zero-order valence-electron chi connectivity index (χ0n) is 16.5. The summed E-state index contributed by atoms with van der Waals surface area (Å²) in [6.07, 6.45) is 9.86. The molecule has 0 radical (unpaired) electrons. The Kier molecular flexibility index (Phi) is 4.27. The van der Waals surface area contributed by atoms with E-state index in [2.05, 4.69) is 44.3 Å². The molecule has 0 atom stereocenters. The molecule has 3 aromatic heterocycles. The van der Waals surface area contributed by atoms with E-state index in [1.807, 2.05) is 24.8 Å². The fourth-order valence-corrected chi connectivity index (χ4v) is 4.25. The molecular formula is C21H26N6O. The standard InChI is InChI=1S/C21H26N6O/c1-15(2)27-14-24-18-11-23-17(10-19(18)27)9-16-5-7-22-20(25-16)26-12-21(13-26)6-3-4-8-28-21/h5,7,10-11,14-15H,3-4,6,8-9,12-13H2,1-2H3. The van der Waals surface area contributed by atoms with E-state index in [4.69, 9.17) is 9.72 Å². The molecule has 1 spiro atoms. The monoisotopic (exact) mass is 378 g/mol. The second-order valence-electron chi connectivity index (χ2n) is 8.28. The van der Waals surface area contributed by atoms with Gasteiger partial charge in [-0.25, -0.2) is 15.0 Å². The number of hydrogen-bond acceptors (Lipinski definition) is 6. The molecule has 2 aliphatic rings. The number of imidazole rings is 1. The van der Waals surface area contributed by atoms with Gasteiger partial charge in [0, 0.05) is 31.0 Å². The summed E-state index contributed by atoms with van der Waals surface area (Å²) in [5.74, 6) is 0.797. The molecule has 28 heavy (non-hydrogen) atoms. The summed E-state index contributed by atoms with van der Waals surface area (Å²) in [7, 11) is 0. The highest BCUT2D eigenvalue weighted by Crippen LogP contribution is 2.35. The van der Waals surface area contributed by atoms with Crippen molar-refractivity contribution in [3.05, 3.63) is 42.2 Å². The number of ether oxygens (including phenoxy) is 1. The van der Waals surface area contributed by atoms with E-state index in [9.17, 15) is 0 Å². The van der Waals surface area contributed by atoms with Gasteiger partial charge in [0.2, 0.25) is 5.95 Å². The Balaban J connectivity index is 1.33. The first kappa shape index (κ1) is 17.6. The highest BCUT2D eigenvalue weighted by Gasteiger charge is 2.46. The van der Waals surface area contributed by atoms with Crippen molar-refractivity contribution in [1.29, 1.82) is 0 Å². The minimum Gasteiger partial charge on any atom is -0.371 e. The number of hydrogen-bond donors (Lipinski definition) is 0. The Morgan fingerprint density at radius 2 is 2.04 bits per heavy atom. The fraction of sp³-hybridized carbons (Fsp3) is 0.524. The van der Waals surface area contributed by atoms with Crippen LogP contribution in [0, 0.1) is 0 Å². The van der Waals surface area contributed by atoms with Gasteiger partial charge in [-0.15, -0.1) is 0 Å². The predicted molar refractivity (Wildman–Crippen MR) is 107 cm³/mol. The lowest BCUT2D eigenvalue weighted by atomic mass is 9.86. The van der Waals surface area contributed by atoms with Gasteiger partial charge in [-0.3, -0.25) is 4.98 Å². The van der Waals surface area contributed by atoms with E-state index < -0.39 is 0 Å². The molecule has 0 N–H and O–H groups in total. The van der Waals surface area contributed by atoms with Gasteiger partial charge >= 0.3 is 0 Å². The van der Waals surface area contributed by atoms with Crippen LogP contribution in [0.3, 0.4) is 0 Å². The van der Waals surface area contributed by atoms with Crippen LogP contribution in [-0.2, 0) is 11.2 Å². The summed E-state index contributed by atoms with van der Waals surface area (Å²) < 4.78 is 8.20. The van der Waals surface area contributed by atoms with Crippen LogP contribution in [0.4, 0.5) is 5.95 Å². The Bertz CT molecular complexity index is 983. The third kappa shape index (κ3) is 3.13. The lowest BCUT2D eigenvalue weighted by molar-refractivity contribution is -0.0954. The maximum Gasteiger partial charge on any atom is 0.225 e. The Hall–Kier alpha value is -2.54. The quantitative estimate of drug-likeness (QED) is 0.695. The van der Waals surface area contributed by atoms with Crippen molar-refractivity contribution in [3.8, 4) is 0 Å². The van der Waals surface area contributed by atoms with Crippen LogP contribution in [0.1, 0.15) is 50.5 Å². The number of fused-ring (bicyclic) bond motifs is 1. The third-order valence-corrected chi connectivity index (χ3v) is 5.81. The molecule has 0 unspecified atom stereocenters. The Morgan fingerprint density at radius 1 is 1.14 bits per heavy atom. The summed E-state index contributed by atoms with van der Waals surface area (Å²) in [5.41, 5.74) is 4.07. The van der Waals surface area contributed by atoms with Crippen molar-refractivity contribution < 1.29 is 4.74 Å². The van der Waals surface area contributed by atoms with Crippen molar-refractivity contribution in [2.24, 2.45) is 0 Å². The van der Waals surface area contributed by atoms with E-state index in [1.54, 1.807) is 0 Å². The molecule has 0 aliphatic carbocycles. The minimum atomic E-state index is 0.0411. The summed E-state index contributed by atoms with van der Waals surface area (Å²) >= 11 is 0. The van der Waals surface area contributed by atoms with Gasteiger partial charge in [-0.05, 0) is 45.2 Å². The van der Waals surface area contributed by atoms with Gasteiger partial charge in [0.1, 0.15) is 11.1 Å². The maximum absolute atomic E-state index is 6.03. The zero-order chi connectivity index (χ0) is 19.1. The summed E-state index contributed by atoms with van der Waals surface area (Å²) in [5, 5.41) is 0. The number of aromatic nitrogens is 5. The van der Waals surface area contributed by atoms with Crippen LogP contribution >= 0.6 is 0 Å². The average Bonchev–Trinajstić information content (AvgIpc) is 3.10. The number of nitrogens with zero attached hydrogens (tertiary/aromatic N) is 6. The molecule has 7 heteroatoms. The maximum atomic E-state index is 6.03. The van der Waals surface area contributed by atoms with Crippen LogP contribution in [-0.4, -0.2) is 49.8 Å². The van der Waals surface area contributed by atoms with Crippen molar-refractivity contribution >= 4 is 17.0 Å². The van der Waals surface area contributed by atoms with Crippen LogP contribution in [0.5, 0.6) is 0 Å². The largest absolute Gasteiger partial charge is 0.371 e. The van der Waals surface area contributed by atoms with Gasteiger partial charge in [-0.2, -0.15) is 0 Å². The van der Waals surface area contributed by atoms with Gasteiger partial charge in [0.05, 0.1) is 36.8 Å². The molecule has 2 saturated heterocycles. The van der Waals surface area contributed by atoms with Crippen LogP contribution < -0.4 is 4.90 Å². The van der Waals surface area contributed by atoms with Gasteiger partial charge < -0.3 is 14.2 Å². The zero-order valence-corrected chi connectivity index (χ0v) is 16.5. The van der Waals surface area contributed by atoms with E-state index in [0.29, 0.717) is 12.5 Å². The molecule has 0 saturated carbocycles. The van der Waals surface area contributed by atoms with E-state index in [1.165, 1.54) is 12.8 Å². The fourth-order valence-electron chi connectivity index (χ4n) is 4.25. The topological polar surface area (TPSA) is 69.0 Å². The normalized spacial score (nSPS) is 18.8. The number of anilines is 1. The van der Waals surface area contributed by atoms with Crippen LogP contribution in [0.15, 0.2) is 30.9 Å². The third-order valence-electron chi connectivity index (χ3n) is 5.81. The van der Waals surface area contributed by atoms with Gasteiger partial charge in [0.15, 0.2) is 0 Å². The van der Waals surface area contributed by atoms with E-state index in [-0.39, 0.29) is 5.60 Å². The highest BCUT2D eigenvalue weighted by molar-refractivity contribution is 5.74. The molecule has 5 heterocycles. The number of rotatable bonds is 4. The van der Waals surface area contributed by atoms with Crippen molar-refractivity contribution in [2.75, 3.05) is 24.6 Å². The Labute approximate surface area is 164 Å². The van der Waals surface area contributed by atoms with Crippen molar-refractivity contribution in [3.63, 3.8) is 0 Å². The molecular weight excluding hydrogens is 352 g/mol. The van der Waals surface area contributed by atoms with Crippen LogP contribution in [0.25, 0.3) is 11.0 Å². The summed E-state index contributed by atoms with van der Waals surface area (Å²) in [6, 6.07) is 4.46. The van der Waals surface area contributed by atoms with E-state index in [0.717, 1.165) is 54.5 Å². The smallest absolute Gasteiger partial charge is 0.225 e. The molecule has 2 aliphatic heterocycles. The molecule has 2 fully saturated rings. The van der Waals surface area contributed by atoms with E-state index >= 15 is 0 Å². The van der Waals surface area contributed by atoms with Crippen molar-refractivity contribution in [2.45, 2.75) is 51.2 Å². The lowest BCUT2D eigenvalue weighted by Gasteiger charge is -2.51. The molecule has 0 aromatic carbocycles. The molecule has 5 rings (SSSR count). The molecule has 146 valence electrons. The second kappa shape index (κ2) is 6.81. The average molecular weight is 378 g/mol. The SMILES string of the molecule is CC(C)n1cnc2cnc(Cc3ccnc(N4CC5(CCCCO5)C4)n3)cc21. The first-order valence-corrected chi connectivity index (χ1v) is 10.1. The lowest BCUT2D eigenvalue weighted by Crippen LogP contribution is -2.64. The second-order valence-corrected chi connectivity index (χ2v) is 8.28. The summed E-state index contributed by atoms with van der Waals surface area (Å²) in [6.45, 7) is 7.00. The Morgan fingerprint density at radius 3 is 2.82 bits per heavy atom. The number of pyridine rings is 1. The molecule has 7 nitrogen and oxygen atoms in total. The van der Waals surface area contributed by atoms with Crippen molar-refractivity contribution in [1.82, 2.24) is 24.5 Å². The van der Waals surface area contributed by atoms with Gasteiger partial charge in [-0.1, -0.05) is 0 Å². The highest BCUT2D eigenvalue weighted by atomic mass is 16.5. The molecule has 0 amide bonds. The first-order chi connectivity index (χ1) is 13.6.